The molecule has 0 radical (unpaired) electrons. The van der Waals surface area contributed by atoms with Crippen molar-refractivity contribution < 1.29 is 9.90 Å². The first-order valence-electron chi connectivity index (χ1n) is 7.24. The maximum Gasteiger partial charge on any atom is 0.233 e. The van der Waals surface area contributed by atoms with Crippen LogP contribution in [0.5, 0.6) is 0 Å². The highest BCUT2D eigenvalue weighted by Gasteiger charge is 2.26. The lowest BCUT2D eigenvalue weighted by Gasteiger charge is -2.31. The van der Waals surface area contributed by atoms with Gasteiger partial charge in [0, 0.05) is 13.2 Å². The van der Waals surface area contributed by atoms with E-state index in [0.717, 1.165) is 31.7 Å². The van der Waals surface area contributed by atoms with Gasteiger partial charge in [-0.1, -0.05) is 13.8 Å². The molecule has 0 aromatic carbocycles. The van der Waals surface area contributed by atoms with E-state index in [0.29, 0.717) is 13.1 Å². The Bertz CT molecular complexity index is 248. The summed E-state index contributed by atoms with van der Waals surface area (Å²) in [6.45, 7) is 6.49. The van der Waals surface area contributed by atoms with Crippen molar-refractivity contribution in [3.05, 3.63) is 0 Å². The summed E-state index contributed by atoms with van der Waals surface area (Å²) >= 11 is 0. The SMILES string of the molecule is CCC(CC)(CCO)CNC(=O)CNCC1CC1. The van der Waals surface area contributed by atoms with Gasteiger partial charge in [0.1, 0.15) is 0 Å². The molecule has 0 aromatic rings. The van der Waals surface area contributed by atoms with Crippen molar-refractivity contribution in [2.75, 3.05) is 26.2 Å². The molecular formula is C14H28N2O2. The minimum Gasteiger partial charge on any atom is -0.396 e. The zero-order valence-electron chi connectivity index (χ0n) is 11.8. The van der Waals surface area contributed by atoms with Crippen molar-refractivity contribution in [3.8, 4) is 0 Å². The van der Waals surface area contributed by atoms with E-state index in [1.165, 1.54) is 12.8 Å². The number of aliphatic hydroxyl groups is 1. The van der Waals surface area contributed by atoms with Crippen LogP contribution in [-0.4, -0.2) is 37.3 Å². The van der Waals surface area contributed by atoms with Gasteiger partial charge >= 0.3 is 0 Å². The predicted octanol–water partition coefficient (Wildman–Crippen LogP) is 1.29. The summed E-state index contributed by atoms with van der Waals surface area (Å²) in [5, 5.41) is 15.3. The summed E-state index contributed by atoms with van der Waals surface area (Å²) in [5.41, 5.74) is 0.0565. The van der Waals surface area contributed by atoms with Gasteiger partial charge in [0.25, 0.3) is 0 Å². The summed E-state index contributed by atoms with van der Waals surface area (Å²) in [5.74, 6) is 0.873. The molecule has 1 rings (SSSR count). The molecule has 0 atom stereocenters. The Labute approximate surface area is 111 Å². The highest BCUT2D eigenvalue weighted by atomic mass is 16.3. The molecule has 0 saturated heterocycles. The van der Waals surface area contributed by atoms with Crippen LogP contribution in [0.1, 0.15) is 46.0 Å². The molecule has 1 saturated carbocycles. The second-order valence-corrected chi connectivity index (χ2v) is 5.53. The fraction of sp³-hybridized carbons (Fsp3) is 0.929. The van der Waals surface area contributed by atoms with Gasteiger partial charge in [-0.25, -0.2) is 0 Å². The summed E-state index contributed by atoms with van der Waals surface area (Å²) in [6, 6.07) is 0. The normalized spacial score (nSPS) is 15.7. The molecule has 3 N–H and O–H groups in total. The first-order chi connectivity index (χ1) is 8.65. The van der Waals surface area contributed by atoms with Gasteiger partial charge in [-0.3, -0.25) is 4.79 Å². The first kappa shape index (κ1) is 15.4. The van der Waals surface area contributed by atoms with E-state index in [2.05, 4.69) is 24.5 Å². The topological polar surface area (TPSA) is 61.4 Å². The number of hydrogen-bond acceptors (Lipinski definition) is 3. The van der Waals surface area contributed by atoms with Crippen molar-refractivity contribution in [1.29, 1.82) is 0 Å². The number of carbonyl (C=O) groups is 1. The Morgan fingerprint density at radius 1 is 1.33 bits per heavy atom. The van der Waals surface area contributed by atoms with Gasteiger partial charge in [-0.15, -0.1) is 0 Å². The summed E-state index contributed by atoms with van der Waals surface area (Å²) < 4.78 is 0. The third-order valence-corrected chi connectivity index (χ3v) is 4.22. The van der Waals surface area contributed by atoms with Crippen molar-refractivity contribution in [1.82, 2.24) is 10.6 Å². The van der Waals surface area contributed by atoms with Crippen molar-refractivity contribution >= 4 is 5.91 Å². The Hall–Kier alpha value is -0.610. The average molecular weight is 256 g/mol. The van der Waals surface area contributed by atoms with E-state index in [1.54, 1.807) is 0 Å². The van der Waals surface area contributed by atoms with Crippen LogP contribution in [0, 0.1) is 11.3 Å². The van der Waals surface area contributed by atoms with Crippen LogP contribution in [0.4, 0.5) is 0 Å². The standard InChI is InChI=1S/C14H28N2O2/c1-3-14(4-2,7-8-17)11-16-13(18)10-15-9-12-5-6-12/h12,15,17H,3-11H2,1-2H3,(H,16,18). The lowest BCUT2D eigenvalue weighted by atomic mass is 9.79. The number of amides is 1. The van der Waals surface area contributed by atoms with Crippen molar-refractivity contribution in [2.24, 2.45) is 11.3 Å². The van der Waals surface area contributed by atoms with Gasteiger partial charge in [0.15, 0.2) is 0 Å². The number of nitrogens with one attached hydrogen (secondary N) is 2. The minimum atomic E-state index is 0.0565. The number of rotatable bonds is 10. The Morgan fingerprint density at radius 2 is 2.00 bits per heavy atom. The van der Waals surface area contributed by atoms with E-state index < -0.39 is 0 Å². The van der Waals surface area contributed by atoms with E-state index in [-0.39, 0.29) is 17.9 Å². The molecule has 106 valence electrons. The van der Waals surface area contributed by atoms with Gasteiger partial charge in [-0.05, 0) is 50.0 Å². The van der Waals surface area contributed by atoms with Crippen molar-refractivity contribution in [2.45, 2.75) is 46.0 Å². The molecule has 0 bridgehead atoms. The summed E-state index contributed by atoms with van der Waals surface area (Å²) in [6.07, 6.45) is 5.34. The number of aliphatic hydroxyl groups excluding tert-OH is 1. The molecule has 0 aliphatic heterocycles. The highest BCUT2D eigenvalue weighted by Crippen LogP contribution is 2.29. The molecule has 4 nitrogen and oxygen atoms in total. The van der Waals surface area contributed by atoms with E-state index in [9.17, 15) is 4.79 Å². The Morgan fingerprint density at radius 3 is 2.50 bits per heavy atom. The lowest BCUT2D eigenvalue weighted by Crippen LogP contribution is -2.41. The molecule has 18 heavy (non-hydrogen) atoms. The fourth-order valence-electron chi connectivity index (χ4n) is 2.24. The third-order valence-electron chi connectivity index (χ3n) is 4.22. The van der Waals surface area contributed by atoms with Crippen molar-refractivity contribution in [3.63, 3.8) is 0 Å². The molecule has 0 unspecified atom stereocenters. The van der Waals surface area contributed by atoms with Gasteiger partial charge in [0.05, 0.1) is 6.54 Å². The molecule has 1 amide bonds. The quantitative estimate of drug-likeness (QED) is 0.552. The molecule has 1 fully saturated rings. The van der Waals surface area contributed by atoms with Gasteiger partial charge in [0.2, 0.25) is 5.91 Å². The van der Waals surface area contributed by atoms with E-state index >= 15 is 0 Å². The molecule has 0 heterocycles. The Kier molecular flexibility index (Phi) is 6.65. The average Bonchev–Trinajstić information content (AvgIpc) is 3.19. The molecule has 4 heteroatoms. The zero-order valence-corrected chi connectivity index (χ0v) is 11.8. The zero-order chi connectivity index (χ0) is 13.4. The fourth-order valence-corrected chi connectivity index (χ4v) is 2.24. The number of hydrogen-bond donors (Lipinski definition) is 3. The Balaban J connectivity index is 2.20. The van der Waals surface area contributed by atoms with Gasteiger partial charge < -0.3 is 15.7 Å². The summed E-state index contributed by atoms with van der Waals surface area (Å²) in [4.78, 5) is 11.7. The number of carbonyl (C=O) groups excluding carboxylic acids is 1. The van der Waals surface area contributed by atoms with Crippen LogP contribution in [0.25, 0.3) is 0 Å². The van der Waals surface area contributed by atoms with Crippen LogP contribution in [0.15, 0.2) is 0 Å². The van der Waals surface area contributed by atoms with Crippen LogP contribution < -0.4 is 10.6 Å². The smallest absolute Gasteiger partial charge is 0.233 e. The predicted molar refractivity (Wildman–Crippen MR) is 73.3 cm³/mol. The van der Waals surface area contributed by atoms with E-state index in [4.69, 9.17) is 5.11 Å². The molecular weight excluding hydrogens is 228 g/mol. The van der Waals surface area contributed by atoms with E-state index in [1.807, 2.05) is 0 Å². The lowest BCUT2D eigenvalue weighted by molar-refractivity contribution is -0.120. The van der Waals surface area contributed by atoms with Gasteiger partial charge in [-0.2, -0.15) is 0 Å². The molecule has 0 spiro atoms. The molecule has 1 aliphatic carbocycles. The van der Waals surface area contributed by atoms with Crippen LogP contribution in [0.2, 0.25) is 0 Å². The van der Waals surface area contributed by atoms with Crippen LogP contribution in [-0.2, 0) is 4.79 Å². The minimum absolute atomic E-state index is 0.0565. The first-order valence-corrected chi connectivity index (χ1v) is 7.24. The maximum atomic E-state index is 11.7. The largest absolute Gasteiger partial charge is 0.396 e. The van der Waals surface area contributed by atoms with Crippen LogP contribution >= 0.6 is 0 Å². The maximum absolute atomic E-state index is 11.7. The second-order valence-electron chi connectivity index (χ2n) is 5.53. The van der Waals surface area contributed by atoms with Crippen LogP contribution in [0.3, 0.4) is 0 Å². The summed E-state index contributed by atoms with van der Waals surface area (Å²) in [7, 11) is 0. The monoisotopic (exact) mass is 256 g/mol. The second kappa shape index (κ2) is 7.74. The molecule has 0 aromatic heterocycles. The highest BCUT2D eigenvalue weighted by molar-refractivity contribution is 5.78. The molecule has 1 aliphatic rings. The third kappa shape index (κ3) is 5.36.